The highest BCUT2D eigenvalue weighted by atomic mass is 79.9. The molecule has 0 saturated carbocycles. The monoisotopic (exact) mass is 257 g/mol. The molecule has 0 aliphatic carbocycles. The number of carbonyl (C=O) groups excluding carboxylic acids is 2. The number of alkyl halides is 1. The Bertz CT molecular complexity index is 365. The summed E-state index contributed by atoms with van der Waals surface area (Å²) in [6.07, 6.45) is 0. The van der Waals surface area contributed by atoms with Crippen LogP contribution in [0.25, 0.3) is 0 Å². The molecule has 1 aromatic carbocycles. The number of phenols is 1. The predicted molar refractivity (Wildman–Crippen MR) is 54.4 cm³/mol. The molecule has 1 rings (SSSR count). The zero-order valence-electron chi connectivity index (χ0n) is 7.16. The van der Waals surface area contributed by atoms with Gasteiger partial charge in [0, 0.05) is 0 Å². The Morgan fingerprint density at radius 3 is 2.57 bits per heavy atom. The number of benzene rings is 1. The van der Waals surface area contributed by atoms with Crippen molar-refractivity contribution in [3.05, 3.63) is 29.8 Å². The van der Waals surface area contributed by atoms with Crippen molar-refractivity contribution in [2.45, 2.75) is 0 Å². The molecule has 1 aromatic rings. The number of aromatic hydroxyl groups is 1. The summed E-state index contributed by atoms with van der Waals surface area (Å²) in [6, 6.07) is 6.02. The third-order valence-corrected chi connectivity index (χ3v) is 2.03. The summed E-state index contributed by atoms with van der Waals surface area (Å²) in [5.74, 6) is -1.20. The highest BCUT2D eigenvalue weighted by Crippen LogP contribution is 2.14. The van der Waals surface area contributed by atoms with Crippen molar-refractivity contribution in [3.63, 3.8) is 0 Å². The van der Waals surface area contributed by atoms with Gasteiger partial charge in [-0.3, -0.25) is 14.9 Å². The van der Waals surface area contributed by atoms with E-state index in [1.165, 1.54) is 12.1 Å². The molecule has 0 aromatic heterocycles. The van der Waals surface area contributed by atoms with E-state index in [1.54, 1.807) is 12.1 Å². The number of halogens is 1. The fourth-order valence-electron chi connectivity index (χ4n) is 0.893. The van der Waals surface area contributed by atoms with Gasteiger partial charge in [-0.25, -0.2) is 0 Å². The lowest BCUT2D eigenvalue weighted by Crippen LogP contribution is -2.31. The molecule has 0 fully saturated rings. The first kappa shape index (κ1) is 10.7. The van der Waals surface area contributed by atoms with Crippen molar-refractivity contribution < 1.29 is 14.7 Å². The molecule has 0 aliphatic heterocycles. The van der Waals surface area contributed by atoms with E-state index in [0.717, 1.165) is 0 Å². The number of rotatable bonds is 2. The van der Waals surface area contributed by atoms with Gasteiger partial charge in [-0.15, -0.1) is 0 Å². The van der Waals surface area contributed by atoms with Crippen LogP contribution in [-0.4, -0.2) is 22.3 Å². The molecule has 0 bridgehead atoms. The van der Waals surface area contributed by atoms with Crippen LogP contribution in [0.4, 0.5) is 0 Å². The molecule has 0 saturated heterocycles. The summed E-state index contributed by atoms with van der Waals surface area (Å²) in [5, 5.41) is 11.4. The summed E-state index contributed by atoms with van der Waals surface area (Å²) in [6.45, 7) is 0. The third-order valence-electron chi connectivity index (χ3n) is 1.52. The second-order valence-corrected chi connectivity index (χ2v) is 3.09. The van der Waals surface area contributed by atoms with Crippen LogP contribution >= 0.6 is 15.9 Å². The molecule has 0 atom stereocenters. The van der Waals surface area contributed by atoms with Gasteiger partial charge in [0.25, 0.3) is 5.91 Å². The molecule has 4 nitrogen and oxygen atoms in total. The second-order valence-electron chi connectivity index (χ2n) is 2.53. The van der Waals surface area contributed by atoms with Gasteiger partial charge in [-0.1, -0.05) is 28.1 Å². The zero-order chi connectivity index (χ0) is 10.6. The molecule has 0 radical (unpaired) electrons. The van der Waals surface area contributed by atoms with Crippen LogP contribution in [0.2, 0.25) is 0 Å². The maximum atomic E-state index is 11.3. The first-order valence-electron chi connectivity index (χ1n) is 3.83. The molecule has 0 aliphatic rings. The van der Waals surface area contributed by atoms with Crippen molar-refractivity contribution in [2.24, 2.45) is 0 Å². The number of imide groups is 1. The maximum absolute atomic E-state index is 11.3. The Hall–Kier alpha value is -1.36. The van der Waals surface area contributed by atoms with Crippen molar-refractivity contribution in [3.8, 4) is 5.75 Å². The zero-order valence-corrected chi connectivity index (χ0v) is 8.74. The Labute approximate surface area is 89.1 Å². The summed E-state index contributed by atoms with van der Waals surface area (Å²) in [5.41, 5.74) is 0.0850. The van der Waals surface area contributed by atoms with E-state index in [1.807, 2.05) is 0 Å². The molecule has 5 heteroatoms. The third kappa shape index (κ3) is 2.56. The lowest BCUT2D eigenvalue weighted by molar-refractivity contribution is -0.117. The van der Waals surface area contributed by atoms with E-state index in [0.29, 0.717) is 0 Å². The van der Waals surface area contributed by atoms with Crippen LogP contribution in [0.1, 0.15) is 10.4 Å². The maximum Gasteiger partial charge on any atom is 0.261 e. The van der Waals surface area contributed by atoms with Crippen molar-refractivity contribution >= 4 is 27.7 Å². The molecule has 2 N–H and O–H groups in total. The summed E-state index contributed by atoms with van der Waals surface area (Å²) < 4.78 is 0. The van der Waals surface area contributed by atoms with Crippen LogP contribution in [0.3, 0.4) is 0 Å². The van der Waals surface area contributed by atoms with E-state index in [4.69, 9.17) is 0 Å². The summed E-state index contributed by atoms with van der Waals surface area (Å²) >= 11 is 2.91. The Morgan fingerprint density at radius 1 is 1.36 bits per heavy atom. The van der Waals surface area contributed by atoms with Gasteiger partial charge in [-0.05, 0) is 12.1 Å². The van der Waals surface area contributed by atoms with Gasteiger partial charge in [0.2, 0.25) is 5.91 Å². The fraction of sp³-hybridized carbons (Fsp3) is 0.111. The molecule has 0 heterocycles. The van der Waals surface area contributed by atoms with Gasteiger partial charge in [0.1, 0.15) is 5.75 Å². The second kappa shape index (κ2) is 4.76. The number of para-hydroxylation sites is 1. The minimum absolute atomic E-state index is 0.0480. The van der Waals surface area contributed by atoms with Gasteiger partial charge in [0.05, 0.1) is 10.9 Å². The highest BCUT2D eigenvalue weighted by molar-refractivity contribution is 9.09. The van der Waals surface area contributed by atoms with Crippen LogP contribution < -0.4 is 5.32 Å². The minimum Gasteiger partial charge on any atom is -0.507 e. The highest BCUT2D eigenvalue weighted by Gasteiger charge is 2.12. The Balaban J connectivity index is 2.80. The Morgan fingerprint density at radius 2 is 2.00 bits per heavy atom. The Kier molecular flexibility index (Phi) is 3.64. The largest absolute Gasteiger partial charge is 0.507 e. The number of amides is 2. The fourth-order valence-corrected chi connectivity index (χ4v) is 1.03. The van der Waals surface area contributed by atoms with Crippen molar-refractivity contribution in [1.82, 2.24) is 5.32 Å². The topological polar surface area (TPSA) is 66.4 Å². The van der Waals surface area contributed by atoms with Gasteiger partial charge < -0.3 is 5.11 Å². The molecule has 14 heavy (non-hydrogen) atoms. The quantitative estimate of drug-likeness (QED) is 0.779. The summed E-state index contributed by atoms with van der Waals surface area (Å²) in [4.78, 5) is 22.2. The van der Waals surface area contributed by atoms with Crippen molar-refractivity contribution in [1.29, 1.82) is 0 Å². The van der Waals surface area contributed by atoms with Crippen LogP contribution in [0, 0.1) is 0 Å². The van der Waals surface area contributed by atoms with E-state index < -0.39 is 11.8 Å². The van der Waals surface area contributed by atoms with Gasteiger partial charge in [-0.2, -0.15) is 0 Å². The molecule has 74 valence electrons. The van der Waals surface area contributed by atoms with E-state index >= 15 is 0 Å². The van der Waals surface area contributed by atoms with Gasteiger partial charge >= 0.3 is 0 Å². The smallest absolute Gasteiger partial charge is 0.261 e. The molecule has 0 unspecified atom stereocenters. The molecule has 0 spiro atoms. The van der Waals surface area contributed by atoms with E-state index in [9.17, 15) is 14.7 Å². The normalized spacial score (nSPS) is 9.50. The van der Waals surface area contributed by atoms with Crippen LogP contribution in [-0.2, 0) is 4.79 Å². The SMILES string of the molecule is O=C(CBr)NC(=O)c1ccccc1O. The molecular formula is C9H8BrNO3. The number of phenolic OH excluding ortho intramolecular Hbond substituents is 1. The van der Waals surface area contributed by atoms with Crippen LogP contribution in [0.5, 0.6) is 5.75 Å². The number of hydrogen-bond donors (Lipinski definition) is 2. The van der Waals surface area contributed by atoms with E-state index in [2.05, 4.69) is 21.2 Å². The van der Waals surface area contributed by atoms with E-state index in [-0.39, 0.29) is 16.6 Å². The summed E-state index contributed by atoms with van der Waals surface area (Å²) in [7, 11) is 0. The minimum atomic E-state index is -0.604. The standard InChI is InChI=1S/C9H8BrNO3/c10-5-8(13)11-9(14)6-3-1-2-4-7(6)12/h1-4,12H,5H2,(H,11,13,14). The number of carbonyl (C=O) groups is 2. The van der Waals surface area contributed by atoms with Crippen molar-refractivity contribution in [2.75, 3.05) is 5.33 Å². The lowest BCUT2D eigenvalue weighted by Gasteiger charge is -2.03. The molecular weight excluding hydrogens is 250 g/mol. The predicted octanol–water partition coefficient (Wildman–Crippen LogP) is 1.04. The van der Waals surface area contributed by atoms with Crippen LogP contribution in [0.15, 0.2) is 24.3 Å². The number of nitrogens with one attached hydrogen (secondary N) is 1. The average molecular weight is 258 g/mol. The average Bonchev–Trinajstić information content (AvgIpc) is 2.18. The van der Waals surface area contributed by atoms with Gasteiger partial charge in [0.15, 0.2) is 0 Å². The molecule has 2 amide bonds. The lowest BCUT2D eigenvalue weighted by atomic mass is 10.2. The number of hydrogen-bond acceptors (Lipinski definition) is 3. The first-order valence-corrected chi connectivity index (χ1v) is 4.95. The first-order chi connectivity index (χ1) is 6.65.